The molecule has 8 heteroatoms. The van der Waals surface area contributed by atoms with Gasteiger partial charge in [-0.1, -0.05) is 63.1 Å². The number of benzene rings is 2. The Morgan fingerprint density at radius 2 is 1.53 bits per heavy atom. The number of rotatable bonds is 16. The van der Waals surface area contributed by atoms with Gasteiger partial charge in [-0.05, 0) is 69.7 Å². The van der Waals surface area contributed by atoms with Gasteiger partial charge in [-0.25, -0.2) is 9.97 Å². The smallest absolute Gasteiger partial charge is 0.317 e. The molecule has 2 heterocycles. The number of carboxylic acids is 1. The van der Waals surface area contributed by atoms with E-state index in [1.54, 1.807) is 22.7 Å². The van der Waals surface area contributed by atoms with E-state index in [9.17, 15) is 9.90 Å². The number of carboxylic acid groups (broad SMARTS) is 1. The summed E-state index contributed by atoms with van der Waals surface area (Å²) in [5.74, 6) is -0.192. The van der Waals surface area contributed by atoms with E-state index in [0.717, 1.165) is 33.5 Å². The van der Waals surface area contributed by atoms with Gasteiger partial charge >= 0.3 is 5.97 Å². The molecule has 0 spiro atoms. The number of hydrogen-bond donors (Lipinski definition) is 1. The van der Waals surface area contributed by atoms with Crippen LogP contribution >= 0.6 is 22.7 Å². The van der Waals surface area contributed by atoms with Crippen LogP contribution in [0, 0.1) is 13.8 Å². The molecule has 2 aromatic carbocycles. The highest BCUT2D eigenvalue weighted by Crippen LogP contribution is 2.30. The van der Waals surface area contributed by atoms with E-state index in [1.807, 2.05) is 18.7 Å². The molecule has 2 aromatic heterocycles. The lowest BCUT2D eigenvalue weighted by Crippen LogP contribution is -2.30. The van der Waals surface area contributed by atoms with Gasteiger partial charge in [0.25, 0.3) is 0 Å². The first-order valence-corrected chi connectivity index (χ1v) is 17.1. The predicted octanol–water partition coefficient (Wildman–Crippen LogP) is 9.07. The maximum atomic E-state index is 11.5. The van der Waals surface area contributed by atoms with Crippen molar-refractivity contribution in [2.75, 3.05) is 11.4 Å². The summed E-state index contributed by atoms with van der Waals surface area (Å²) in [6.07, 6.45) is 4.94. The average molecular weight is 619 g/mol. The van der Waals surface area contributed by atoms with Gasteiger partial charge in [0.1, 0.15) is 10.0 Å². The Morgan fingerprint density at radius 3 is 2.09 bits per heavy atom. The minimum Gasteiger partial charge on any atom is -0.480 e. The Balaban J connectivity index is 1.42. The largest absolute Gasteiger partial charge is 0.480 e. The summed E-state index contributed by atoms with van der Waals surface area (Å²) >= 11 is 3.20. The van der Waals surface area contributed by atoms with E-state index in [2.05, 4.69) is 91.5 Å². The molecule has 0 radical (unpaired) electrons. The highest BCUT2D eigenvalue weighted by atomic mass is 32.1. The van der Waals surface area contributed by atoms with Crippen LogP contribution in [-0.2, 0) is 24.4 Å². The van der Waals surface area contributed by atoms with Crippen molar-refractivity contribution in [1.82, 2.24) is 14.9 Å². The highest BCUT2D eigenvalue weighted by molar-refractivity contribution is 7.11. The van der Waals surface area contributed by atoms with Crippen molar-refractivity contribution in [3.63, 3.8) is 0 Å². The zero-order chi connectivity index (χ0) is 30.9. The quantitative estimate of drug-likeness (QED) is 0.135. The van der Waals surface area contributed by atoms with Crippen LogP contribution in [0.5, 0.6) is 0 Å². The number of aryl methyl sites for hydroxylation is 2. The predicted molar refractivity (Wildman–Crippen MR) is 181 cm³/mol. The summed E-state index contributed by atoms with van der Waals surface area (Å²) in [4.78, 5) is 26.5. The van der Waals surface area contributed by atoms with Crippen molar-refractivity contribution in [1.29, 1.82) is 0 Å². The van der Waals surface area contributed by atoms with E-state index in [4.69, 9.17) is 4.98 Å². The fourth-order valence-electron chi connectivity index (χ4n) is 5.53. The molecular formula is C35H46N4O2S2. The van der Waals surface area contributed by atoms with Crippen LogP contribution in [0.3, 0.4) is 0 Å². The van der Waals surface area contributed by atoms with Gasteiger partial charge in [-0.3, -0.25) is 9.69 Å². The van der Waals surface area contributed by atoms with Gasteiger partial charge in [0.2, 0.25) is 0 Å². The molecule has 0 fully saturated rings. The second-order valence-corrected chi connectivity index (χ2v) is 13.9. The summed E-state index contributed by atoms with van der Waals surface area (Å²) in [7, 11) is 0. The van der Waals surface area contributed by atoms with Crippen LogP contribution in [0.15, 0.2) is 53.9 Å². The molecule has 6 nitrogen and oxygen atoms in total. The minimum atomic E-state index is -0.846. The van der Waals surface area contributed by atoms with Gasteiger partial charge in [-0.2, -0.15) is 0 Å². The number of anilines is 1. The summed E-state index contributed by atoms with van der Waals surface area (Å²) in [6.45, 7) is 14.9. The Kier molecular flexibility index (Phi) is 11.9. The van der Waals surface area contributed by atoms with Gasteiger partial charge < -0.3 is 10.0 Å². The number of hydrogen-bond acceptors (Lipinski definition) is 7. The molecule has 4 rings (SSSR count). The Hall–Kier alpha value is -3.07. The van der Waals surface area contributed by atoms with Gasteiger partial charge in [0.05, 0.1) is 31.0 Å². The van der Waals surface area contributed by atoms with Gasteiger partial charge in [0.15, 0.2) is 0 Å². The molecule has 0 atom stereocenters. The molecule has 0 unspecified atom stereocenters. The Labute approximate surface area is 265 Å². The maximum absolute atomic E-state index is 11.5. The zero-order valence-corrected chi connectivity index (χ0v) is 28.1. The molecule has 0 aliphatic heterocycles. The number of aromatic nitrogens is 2. The van der Waals surface area contributed by atoms with Crippen LogP contribution in [0.2, 0.25) is 0 Å². The molecule has 1 N–H and O–H groups in total. The first-order valence-electron chi connectivity index (χ1n) is 15.4. The number of carbonyl (C=O) groups is 1. The van der Waals surface area contributed by atoms with Crippen molar-refractivity contribution in [3.8, 4) is 11.3 Å². The van der Waals surface area contributed by atoms with Crippen LogP contribution in [0.4, 0.5) is 5.69 Å². The molecule has 43 heavy (non-hydrogen) atoms. The lowest BCUT2D eigenvalue weighted by atomic mass is 9.90. The number of thiazole rings is 2. The molecule has 0 aliphatic rings. The standard InChI is InChI=1S/C35H46N4O2S2/c1-7-9-28(10-8-2)29-15-17-31(18-16-29)39(24(3)4)19-27-11-13-30(14-12-27)32-23-42-33(37-32)20-38(22-35(40)41)21-34-36-25(5)26(6)43-34/h11-18,23-24,28H,7-10,19-22H2,1-6H3,(H,40,41). The number of aliphatic carboxylic acids is 1. The maximum Gasteiger partial charge on any atom is 0.317 e. The highest BCUT2D eigenvalue weighted by Gasteiger charge is 2.17. The van der Waals surface area contributed by atoms with E-state index in [-0.39, 0.29) is 6.54 Å². The van der Waals surface area contributed by atoms with Crippen molar-refractivity contribution >= 4 is 34.3 Å². The van der Waals surface area contributed by atoms with Crippen molar-refractivity contribution < 1.29 is 9.90 Å². The van der Waals surface area contributed by atoms with Gasteiger partial charge in [-0.15, -0.1) is 22.7 Å². The van der Waals surface area contributed by atoms with Crippen LogP contribution < -0.4 is 4.90 Å². The molecule has 230 valence electrons. The number of nitrogens with zero attached hydrogens (tertiary/aromatic N) is 4. The van der Waals surface area contributed by atoms with Crippen molar-refractivity contribution in [2.45, 2.75) is 98.8 Å². The first-order chi connectivity index (χ1) is 20.7. The summed E-state index contributed by atoms with van der Waals surface area (Å²) in [6, 6.07) is 18.3. The second kappa shape index (κ2) is 15.6. The third-order valence-corrected chi connectivity index (χ3v) is 9.79. The molecule has 0 saturated heterocycles. The summed E-state index contributed by atoms with van der Waals surface area (Å²) < 4.78 is 0. The average Bonchev–Trinajstić information content (AvgIpc) is 3.56. The minimum absolute atomic E-state index is 0.0472. The van der Waals surface area contributed by atoms with Crippen LogP contribution in [0.25, 0.3) is 11.3 Å². The Morgan fingerprint density at radius 1 is 0.884 bits per heavy atom. The molecule has 0 amide bonds. The molecule has 0 bridgehead atoms. The summed E-state index contributed by atoms with van der Waals surface area (Å²) in [5, 5.41) is 13.4. The molecule has 4 aromatic rings. The van der Waals surface area contributed by atoms with E-state index in [0.29, 0.717) is 25.0 Å². The van der Waals surface area contributed by atoms with Crippen molar-refractivity contribution in [3.05, 3.63) is 85.6 Å². The summed E-state index contributed by atoms with van der Waals surface area (Å²) in [5.41, 5.74) is 6.98. The van der Waals surface area contributed by atoms with Crippen molar-refractivity contribution in [2.24, 2.45) is 0 Å². The third-order valence-electron chi connectivity index (χ3n) is 7.90. The first kappa shape index (κ1) is 32.8. The lowest BCUT2D eigenvalue weighted by Gasteiger charge is -2.30. The van der Waals surface area contributed by atoms with E-state index >= 15 is 0 Å². The molecule has 0 aliphatic carbocycles. The Bertz CT molecular complexity index is 1420. The fraction of sp³-hybridized carbons (Fsp3) is 0.457. The SMILES string of the molecule is CCCC(CCC)c1ccc(N(Cc2ccc(-c3csc(CN(CC(=O)O)Cc4nc(C)c(C)s4)n3)cc2)C(C)C)cc1. The lowest BCUT2D eigenvalue weighted by molar-refractivity contribution is -0.138. The van der Waals surface area contributed by atoms with E-state index in [1.165, 1.54) is 47.4 Å². The molecule has 0 saturated carbocycles. The van der Waals surface area contributed by atoms with Crippen LogP contribution in [-0.4, -0.2) is 38.5 Å². The fourth-order valence-corrected chi connectivity index (χ4v) is 7.35. The molecular weight excluding hydrogens is 573 g/mol. The van der Waals surface area contributed by atoms with Crippen LogP contribution in [0.1, 0.15) is 91.0 Å². The topological polar surface area (TPSA) is 69.6 Å². The van der Waals surface area contributed by atoms with E-state index < -0.39 is 5.97 Å². The normalized spacial score (nSPS) is 11.7. The third kappa shape index (κ3) is 9.21. The van der Waals surface area contributed by atoms with Gasteiger partial charge in [0, 0.05) is 34.1 Å². The monoisotopic (exact) mass is 618 g/mol. The second-order valence-electron chi connectivity index (χ2n) is 11.7. The zero-order valence-electron chi connectivity index (χ0n) is 26.5.